The van der Waals surface area contributed by atoms with Gasteiger partial charge in [0.2, 0.25) is 5.91 Å². The monoisotopic (exact) mass is 341 g/mol. The lowest BCUT2D eigenvalue weighted by molar-refractivity contribution is -0.116. The molecule has 0 spiro atoms. The van der Waals surface area contributed by atoms with Crippen molar-refractivity contribution < 1.29 is 9.21 Å². The van der Waals surface area contributed by atoms with Crippen molar-refractivity contribution in [3.8, 4) is 17.4 Å². The Morgan fingerprint density at radius 2 is 2.00 bits per heavy atom. The zero-order chi connectivity index (χ0) is 18.1. The molecular formula is C21H15N3O2. The first-order valence-electron chi connectivity index (χ1n) is 8.17. The van der Waals surface area contributed by atoms with Crippen LogP contribution in [0.5, 0.6) is 0 Å². The molecule has 0 saturated heterocycles. The SMILES string of the molecule is CN1C(=O)CN=C(c2cccc(C#N)c2)c2cc(-c3ccco3)ccc21. The van der Waals surface area contributed by atoms with Crippen molar-refractivity contribution in [3.63, 3.8) is 0 Å². The molecule has 0 unspecified atom stereocenters. The zero-order valence-electron chi connectivity index (χ0n) is 14.1. The molecule has 2 aromatic carbocycles. The van der Waals surface area contributed by atoms with Gasteiger partial charge in [-0.3, -0.25) is 9.79 Å². The molecule has 0 bridgehead atoms. The van der Waals surface area contributed by atoms with Gasteiger partial charge in [-0.2, -0.15) is 5.26 Å². The smallest absolute Gasteiger partial charge is 0.248 e. The summed E-state index contributed by atoms with van der Waals surface area (Å²) in [5, 5.41) is 9.20. The highest BCUT2D eigenvalue weighted by atomic mass is 16.3. The van der Waals surface area contributed by atoms with Gasteiger partial charge in [0.25, 0.3) is 0 Å². The topological polar surface area (TPSA) is 69.6 Å². The molecule has 1 aliphatic heterocycles. The van der Waals surface area contributed by atoms with Crippen molar-refractivity contribution in [1.82, 2.24) is 0 Å². The molecule has 0 aliphatic carbocycles. The van der Waals surface area contributed by atoms with Crippen molar-refractivity contribution in [1.29, 1.82) is 5.26 Å². The number of hydrogen-bond donors (Lipinski definition) is 0. The third-order valence-corrected chi connectivity index (χ3v) is 4.43. The van der Waals surface area contributed by atoms with Crippen molar-refractivity contribution in [2.45, 2.75) is 0 Å². The Morgan fingerprint density at radius 1 is 1.12 bits per heavy atom. The van der Waals surface area contributed by atoms with Crippen LogP contribution in [0.25, 0.3) is 11.3 Å². The average Bonchev–Trinajstić information content (AvgIpc) is 3.18. The van der Waals surface area contributed by atoms with E-state index in [9.17, 15) is 10.1 Å². The highest BCUT2D eigenvalue weighted by Crippen LogP contribution is 2.31. The fraction of sp³-hybridized carbons (Fsp3) is 0.0952. The van der Waals surface area contributed by atoms with Crippen LogP contribution in [0.4, 0.5) is 5.69 Å². The second kappa shape index (κ2) is 6.34. The molecule has 1 aliphatic rings. The number of anilines is 1. The van der Waals surface area contributed by atoms with E-state index in [0.717, 1.165) is 28.1 Å². The molecule has 0 N–H and O–H groups in total. The number of benzene rings is 2. The largest absolute Gasteiger partial charge is 0.464 e. The van der Waals surface area contributed by atoms with Crippen LogP contribution in [0.2, 0.25) is 0 Å². The first-order chi connectivity index (χ1) is 12.7. The maximum absolute atomic E-state index is 12.3. The Hall–Kier alpha value is -3.65. The molecule has 4 rings (SSSR count). The van der Waals surface area contributed by atoms with Crippen LogP contribution in [0, 0.1) is 11.3 Å². The van der Waals surface area contributed by atoms with E-state index < -0.39 is 0 Å². The molecule has 0 saturated carbocycles. The molecule has 5 nitrogen and oxygen atoms in total. The quantitative estimate of drug-likeness (QED) is 0.714. The molecule has 0 radical (unpaired) electrons. The van der Waals surface area contributed by atoms with E-state index in [-0.39, 0.29) is 12.5 Å². The van der Waals surface area contributed by atoms with Gasteiger partial charge in [-0.1, -0.05) is 12.1 Å². The Bertz CT molecular complexity index is 1060. The summed E-state index contributed by atoms with van der Waals surface area (Å²) in [5.74, 6) is 0.666. The van der Waals surface area contributed by atoms with Gasteiger partial charge in [-0.05, 0) is 42.5 Å². The Labute approximate surface area is 150 Å². The van der Waals surface area contributed by atoms with E-state index in [1.807, 2.05) is 42.5 Å². The van der Waals surface area contributed by atoms with Gasteiger partial charge in [0, 0.05) is 23.7 Å². The minimum absolute atomic E-state index is 0.0629. The standard InChI is InChI=1S/C21H15N3O2/c1-24-18-8-7-15(19-6-3-9-26-19)11-17(18)21(23-13-20(24)25)16-5-2-4-14(10-16)12-22/h2-11H,13H2,1H3. The van der Waals surface area contributed by atoms with Gasteiger partial charge in [-0.25, -0.2) is 0 Å². The Kier molecular flexibility index (Phi) is 3.86. The van der Waals surface area contributed by atoms with E-state index in [0.29, 0.717) is 11.3 Å². The molecule has 1 aromatic heterocycles. The maximum Gasteiger partial charge on any atom is 0.248 e. The van der Waals surface area contributed by atoms with Crippen molar-refractivity contribution in [2.75, 3.05) is 18.5 Å². The lowest BCUT2D eigenvalue weighted by Crippen LogP contribution is -2.27. The van der Waals surface area contributed by atoms with Crippen LogP contribution in [0.1, 0.15) is 16.7 Å². The number of likely N-dealkylation sites (N-methyl/N-ethyl adjacent to an activating group) is 1. The summed E-state index contributed by atoms with van der Waals surface area (Å²) >= 11 is 0. The molecule has 0 atom stereocenters. The summed E-state index contributed by atoms with van der Waals surface area (Å²) in [6.45, 7) is 0.0629. The second-order valence-electron chi connectivity index (χ2n) is 6.02. The number of carbonyl (C=O) groups is 1. The highest BCUT2D eigenvalue weighted by molar-refractivity contribution is 6.20. The van der Waals surface area contributed by atoms with Gasteiger partial charge in [0.05, 0.1) is 29.3 Å². The third-order valence-electron chi connectivity index (χ3n) is 4.43. The number of carbonyl (C=O) groups excluding carboxylic acids is 1. The van der Waals surface area contributed by atoms with Crippen molar-refractivity contribution in [3.05, 3.63) is 77.6 Å². The highest BCUT2D eigenvalue weighted by Gasteiger charge is 2.23. The predicted molar refractivity (Wildman–Crippen MR) is 99.2 cm³/mol. The minimum atomic E-state index is -0.0802. The van der Waals surface area contributed by atoms with Crippen LogP contribution in [-0.4, -0.2) is 25.2 Å². The van der Waals surface area contributed by atoms with E-state index in [1.165, 1.54) is 0 Å². The summed E-state index contributed by atoms with van der Waals surface area (Å²) in [5.41, 5.74) is 4.58. The van der Waals surface area contributed by atoms with Crippen molar-refractivity contribution in [2.24, 2.45) is 4.99 Å². The molecule has 3 aromatic rings. The van der Waals surface area contributed by atoms with Gasteiger partial charge in [0.15, 0.2) is 0 Å². The van der Waals surface area contributed by atoms with Gasteiger partial charge in [-0.15, -0.1) is 0 Å². The zero-order valence-corrected chi connectivity index (χ0v) is 14.1. The van der Waals surface area contributed by atoms with E-state index in [1.54, 1.807) is 30.3 Å². The first kappa shape index (κ1) is 15.9. The van der Waals surface area contributed by atoms with E-state index in [4.69, 9.17) is 4.42 Å². The summed E-state index contributed by atoms with van der Waals surface area (Å²) in [4.78, 5) is 18.5. The number of hydrogen-bond acceptors (Lipinski definition) is 4. The predicted octanol–water partition coefficient (Wildman–Crippen LogP) is 3.63. The lowest BCUT2D eigenvalue weighted by Gasteiger charge is -2.18. The lowest BCUT2D eigenvalue weighted by atomic mass is 9.96. The number of amides is 1. The number of benzodiazepines with no additional fused rings is 1. The van der Waals surface area contributed by atoms with Crippen molar-refractivity contribution >= 4 is 17.3 Å². The number of rotatable bonds is 2. The van der Waals surface area contributed by atoms with Crippen LogP contribution in [0.3, 0.4) is 0 Å². The molecule has 0 fully saturated rings. The van der Waals surface area contributed by atoms with Gasteiger partial charge >= 0.3 is 0 Å². The second-order valence-corrected chi connectivity index (χ2v) is 6.02. The summed E-state index contributed by atoms with van der Waals surface area (Å²) < 4.78 is 5.50. The van der Waals surface area contributed by atoms with Crippen LogP contribution in [-0.2, 0) is 4.79 Å². The fourth-order valence-corrected chi connectivity index (χ4v) is 3.07. The van der Waals surface area contributed by atoms with Gasteiger partial charge in [0.1, 0.15) is 12.3 Å². The number of aliphatic imine (C=N–C) groups is 1. The molecular weight excluding hydrogens is 326 g/mol. The fourth-order valence-electron chi connectivity index (χ4n) is 3.07. The molecule has 126 valence electrons. The number of furan rings is 1. The average molecular weight is 341 g/mol. The van der Waals surface area contributed by atoms with Crippen LogP contribution in [0.15, 0.2) is 70.3 Å². The minimum Gasteiger partial charge on any atom is -0.464 e. The number of nitrogens with zero attached hydrogens (tertiary/aromatic N) is 3. The molecule has 26 heavy (non-hydrogen) atoms. The molecule has 5 heteroatoms. The Morgan fingerprint density at radius 3 is 2.77 bits per heavy atom. The van der Waals surface area contributed by atoms with Gasteiger partial charge < -0.3 is 9.32 Å². The number of fused-ring (bicyclic) bond motifs is 1. The van der Waals surface area contributed by atoms with E-state index in [2.05, 4.69) is 11.1 Å². The normalized spacial score (nSPS) is 13.6. The molecule has 2 heterocycles. The maximum atomic E-state index is 12.3. The summed E-state index contributed by atoms with van der Waals surface area (Å²) in [7, 11) is 1.75. The van der Waals surface area contributed by atoms with Crippen LogP contribution >= 0.6 is 0 Å². The summed E-state index contributed by atoms with van der Waals surface area (Å²) in [6.07, 6.45) is 1.63. The number of nitriles is 1. The van der Waals surface area contributed by atoms with E-state index >= 15 is 0 Å². The molecule has 1 amide bonds. The third kappa shape index (κ3) is 2.68. The van der Waals surface area contributed by atoms with Crippen LogP contribution < -0.4 is 4.90 Å². The Balaban J connectivity index is 1.93. The summed E-state index contributed by atoms with van der Waals surface area (Å²) in [6, 6.07) is 18.9. The first-order valence-corrected chi connectivity index (χ1v) is 8.17.